The minimum atomic E-state index is -3.08. The number of carbonyl (C=O) groups is 1. The third kappa shape index (κ3) is 7.97. The fourth-order valence-electron chi connectivity index (χ4n) is 7.77. The summed E-state index contributed by atoms with van der Waals surface area (Å²) in [4.78, 5) is 33.1. The summed E-state index contributed by atoms with van der Waals surface area (Å²) >= 11 is 0. The number of fused-ring (bicyclic) bond motifs is 2. The van der Waals surface area contributed by atoms with Crippen molar-refractivity contribution in [1.29, 1.82) is 0 Å². The molecule has 0 radical (unpaired) electrons. The first-order chi connectivity index (χ1) is 27.4. The van der Waals surface area contributed by atoms with Gasteiger partial charge in [-0.1, -0.05) is 24.3 Å². The van der Waals surface area contributed by atoms with Gasteiger partial charge in [0.1, 0.15) is 16.8 Å². The predicted octanol–water partition coefficient (Wildman–Crippen LogP) is 7.87. The largest absolute Gasteiger partial charge is 0.481 e. The van der Waals surface area contributed by atoms with Crippen LogP contribution in [0, 0.1) is 19.8 Å². The van der Waals surface area contributed by atoms with E-state index in [0.717, 1.165) is 34.4 Å². The number of halogens is 4. The van der Waals surface area contributed by atoms with Crippen molar-refractivity contribution in [3.05, 3.63) is 88.9 Å². The molecule has 2 aliphatic rings. The molecule has 2 fully saturated rings. The lowest BCUT2D eigenvalue weighted by Crippen LogP contribution is -2.23. The summed E-state index contributed by atoms with van der Waals surface area (Å²) in [7, 11) is 0. The first kappa shape index (κ1) is 38.2. The minimum Gasteiger partial charge on any atom is -0.481 e. The van der Waals surface area contributed by atoms with Gasteiger partial charge in [0.25, 0.3) is 6.43 Å². The number of aromatic nitrogens is 4. The van der Waals surface area contributed by atoms with E-state index in [1.807, 2.05) is 55.1 Å². The Hall–Kier alpha value is -5.71. The highest BCUT2D eigenvalue weighted by Gasteiger charge is 2.29. The maximum Gasteiger partial charge on any atom is 0.387 e. The fourth-order valence-corrected chi connectivity index (χ4v) is 7.77. The standard InChI is InChI=1S/C41H39F4N7O5/c1-21-27(5-3-7-29(21)39-49-31-14-25(19-52-11-9-24(18-52)40(54)55)33(57-41(44)45)15-34(31)56-39)28-6-4-8-30(22(28)2)47-37-35-32(48-38(50-37)36(42)43)13-23(16-46-35)17-51-12-10-26(53)20-51/h3-8,13-16,24,26,36,41,53H,9-12,17-20H2,1-2H3,(H,54,55)(H,47,48,50)/t24-,26+/m0/s1. The molecule has 6 aromatic rings. The minimum absolute atomic E-state index is 0.0695. The number of pyridine rings is 1. The van der Waals surface area contributed by atoms with Gasteiger partial charge in [0.2, 0.25) is 5.89 Å². The van der Waals surface area contributed by atoms with Gasteiger partial charge in [-0.05, 0) is 85.3 Å². The quantitative estimate of drug-likeness (QED) is 0.104. The number of aliphatic hydroxyl groups excluding tert-OH is 1. The summed E-state index contributed by atoms with van der Waals surface area (Å²) in [6.45, 7) is 3.51. The van der Waals surface area contributed by atoms with Gasteiger partial charge in [-0.25, -0.2) is 23.7 Å². The van der Waals surface area contributed by atoms with E-state index in [9.17, 15) is 32.6 Å². The van der Waals surface area contributed by atoms with Crippen LogP contribution in [0.3, 0.4) is 0 Å². The third-order valence-corrected chi connectivity index (χ3v) is 10.7. The number of oxazole rings is 1. The predicted molar refractivity (Wildman–Crippen MR) is 203 cm³/mol. The normalized spacial score (nSPS) is 17.8. The number of aliphatic hydroxyl groups is 1. The topological polar surface area (TPSA) is 150 Å². The zero-order valence-electron chi connectivity index (χ0n) is 31.1. The second-order valence-corrected chi connectivity index (χ2v) is 14.6. The molecule has 16 heteroatoms. The number of aliphatic carboxylic acids is 1. The number of rotatable bonds is 12. The Morgan fingerprint density at radius 2 is 1.65 bits per heavy atom. The molecular weight excluding hydrogens is 746 g/mol. The number of hydrogen-bond acceptors (Lipinski definition) is 11. The second-order valence-electron chi connectivity index (χ2n) is 14.6. The van der Waals surface area contributed by atoms with E-state index < -0.39 is 36.9 Å². The number of nitrogens with one attached hydrogen (secondary N) is 1. The van der Waals surface area contributed by atoms with E-state index in [-0.39, 0.29) is 35.1 Å². The van der Waals surface area contributed by atoms with Gasteiger partial charge in [-0.2, -0.15) is 8.78 Å². The maximum atomic E-state index is 14.1. The molecule has 296 valence electrons. The molecule has 0 aliphatic carbocycles. The van der Waals surface area contributed by atoms with Crippen molar-refractivity contribution < 1.29 is 41.7 Å². The van der Waals surface area contributed by atoms with Crippen molar-refractivity contribution in [3.8, 4) is 28.3 Å². The van der Waals surface area contributed by atoms with E-state index >= 15 is 0 Å². The Morgan fingerprint density at radius 3 is 2.37 bits per heavy atom. The van der Waals surface area contributed by atoms with Crippen molar-refractivity contribution in [2.75, 3.05) is 31.5 Å². The second kappa shape index (κ2) is 15.7. The summed E-state index contributed by atoms with van der Waals surface area (Å²) in [5.41, 5.74) is 7.09. The van der Waals surface area contributed by atoms with Gasteiger partial charge in [0.05, 0.1) is 17.5 Å². The molecular formula is C41H39F4N7O5. The summed E-state index contributed by atoms with van der Waals surface area (Å²) in [6, 6.07) is 16.0. The molecule has 0 spiro atoms. The average Bonchev–Trinajstić information content (AvgIpc) is 3.92. The zero-order valence-corrected chi connectivity index (χ0v) is 31.1. The number of alkyl halides is 4. The molecule has 3 N–H and O–H groups in total. The molecule has 3 aromatic carbocycles. The van der Waals surface area contributed by atoms with Crippen LogP contribution in [0.4, 0.5) is 29.1 Å². The van der Waals surface area contributed by atoms with Gasteiger partial charge in [0.15, 0.2) is 17.2 Å². The summed E-state index contributed by atoms with van der Waals surface area (Å²) in [5, 5.41) is 22.6. The number of benzene rings is 3. The number of hydrogen-bond donors (Lipinski definition) is 3. The third-order valence-electron chi connectivity index (χ3n) is 10.7. The first-order valence-corrected chi connectivity index (χ1v) is 18.6. The fraction of sp³-hybridized carbons (Fsp3) is 0.341. The molecule has 2 saturated heterocycles. The highest BCUT2D eigenvalue weighted by Crippen LogP contribution is 2.39. The monoisotopic (exact) mass is 785 g/mol. The Kier molecular flexibility index (Phi) is 10.5. The number of nitrogens with zero attached hydrogens (tertiary/aromatic N) is 6. The lowest BCUT2D eigenvalue weighted by atomic mass is 9.93. The maximum absolute atomic E-state index is 14.1. The first-order valence-electron chi connectivity index (χ1n) is 18.6. The number of likely N-dealkylation sites (tertiary alicyclic amines) is 2. The molecule has 0 bridgehead atoms. The van der Waals surface area contributed by atoms with Crippen LogP contribution < -0.4 is 10.1 Å². The summed E-state index contributed by atoms with van der Waals surface area (Å²) in [5.74, 6) is -1.71. The van der Waals surface area contributed by atoms with Crippen LogP contribution in [-0.2, 0) is 17.9 Å². The number of carboxylic acids is 1. The van der Waals surface area contributed by atoms with Gasteiger partial charge in [-0.15, -0.1) is 0 Å². The Balaban J connectivity index is 1.10. The van der Waals surface area contributed by atoms with E-state index in [1.54, 1.807) is 18.3 Å². The van der Waals surface area contributed by atoms with Gasteiger partial charge < -0.3 is 24.7 Å². The van der Waals surface area contributed by atoms with Crippen molar-refractivity contribution in [2.45, 2.75) is 58.9 Å². The number of β-amino-alcohol motifs (C(OH)–C–C–N with tert-alkyl or cyclic N) is 1. The van der Waals surface area contributed by atoms with Crippen LogP contribution in [0.2, 0.25) is 0 Å². The van der Waals surface area contributed by atoms with E-state index in [2.05, 4.69) is 25.2 Å². The van der Waals surface area contributed by atoms with Crippen LogP contribution in [0.15, 0.2) is 65.2 Å². The van der Waals surface area contributed by atoms with E-state index in [0.29, 0.717) is 66.9 Å². The molecule has 57 heavy (non-hydrogen) atoms. The summed E-state index contributed by atoms with van der Waals surface area (Å²) in [6.07, 6.45) is -0.493. The molecule has 2 atom stereocenters. The van der Waals surface area contributed by atoms with Gasteiger partial charge >= 0.3 is 12.6 Å². The smallest absolute Gasteiger partial charge is 0.387 e. The molecule has 2 aliphatic heterocycles. The van der Waals surface area contributed by atoms with Crippen LogP contribution in [0.25, 0.3) is 44.7 Å². The number of carboxylic acid groups (broad SMARTS) is 1. The highest BCUT2D eigenvalue weighted by molar-refractivity contribution is 5.89. The Morgan fingerprint density at radius 1 is 0.912 bits per heavy atom. The molecule has 3 aromatic heterocycles. The lowest BCUT2D eigenvalue weighted by Gasteiger charge is -2.17. The van der Waals surface area contributed by atoms with E-state index in [4.69, 9.17) is 14.1 Å². The SMILES string of the molecule is Cc1c(Nc2nc(C(F)F)nc3cc(CN4CC[C@@H](O)C4)cnc23)cccc1-c1cccc(-c2nc3cc(CN4CC[C@H](C(=O)O)C4)c(OC(F)F)cc3o2)c1C. The molecule has 5 heterocycles. The van der Waals surface area contributed by atoms with Crippen molar-refractivity contribution >= 4 is 39.6 Å². The summed E-state index contributed by atoms with van der Waals surface area (Å²) < 4.78 is 66.1. The molecule has 0 amide bonds. The molecule has 8 rings (SSSR count). The van der Waals surface area contributed by atoms with Crippen LogP contribution in [-0.4, -0.2) is 84.8 Å². The molecule has 0 unspecified atom stereocenters. The zero-order chi connectivity index (χ0) is 40.0. The molecule has 12 nitrogen and oxygen atoms in total. The van der Waals surface area contributed by atoms with Crippen molar-refractivity contribution in [1.82, 2.24) is 29.7 Å². The van der Waals surface area contributed by atoms with Crippen LogP contribution in [0.5, 0.6) is 5.75 Å². The van der Waals surface area contributed by atoms with Crippen LogP contribution in [0.1, 0.15) is 47.3 Å². The Bertz CT molecular complexity index is 2480. The average molecular weight is 786 g/mol. The number of anilines is 2. The van der Waals surface area contributed by atoms with E-state index in [1.165, 1.54) is 6.07 Å². The Labute approximate surface area is 324 Å². The highest BCUT2D eigenvalue weighted by atomic mass is 19.3. The van der Waals surface area contributed by atoms with Crippen molar-refractivity contribution in [3.63, 3.8) is 0 Å². The van der Waals surface area contributed by atoms with Gasteiger partial charge in [-0.3, -0.25) is 19.6 Å². The van der Waals surface area contributed by atoms with Crippen molar-refractivity contribution in [2.24, 2.45) is 5.92 Å². The molecule has 0 saturated carbocycles. The number of ether oxygens (including phenoxy) is 1. The van der Waals surface area contributed by atoms with Gasteiger partial charge in [0, 0.05) is 61.8 Å². The van der Waals surface area contributed by atoms with Crippen LogP contribution >= 0.6 is 0 Å². The lowest BCUT2D eigenvalue weighted by molar-refractivity contribution is -0.141.